The first kappa shape index (κ1) is 11.6. The summed E-state index contributed by atoms with van der Waals surface area (Å²) in [5.41, 5.74) is -0.501. The lowest BCUT2D eigenvalue weighted by Crippen LogP contribution is -2.21. The first-order valence-corrected chi connectivity index (χ1v) is 5.06. The van der Waals surface area contributed by atoms with E-state index in [0.29, 0.717) is 0 Å². The Bertz CT molecular complexity index is 299. The summed E-state index contributed by atoms with van der Waals surface area (Å²) in [7, 11) is 0. The zero-order chi connectivity index (χ0) is 10.7. The van der Waals surface area contributed by atoms with E-state index in [1.807, 2.05) is 0 Å². The summed E-state index contributed by atoms with van der Waals surface area (Å²) in [6.45, 7) is 0. The molecule has 1 aromatic carbocycles. The van der Waals surface area contributed by atoms with Gasteiger partial charge in [-0.05, 0) is 12.1 Å². The van der Waals surface area contributed by atoms with Crippen LogP contribution in [0.3, 0.4) is 0 Å². The summed E-state index contributed by atoms with van der Waals surface area (Å²) >= 11 is 2.91. The van der Waals surface area contributed by atoms with Crippen molar-refractivity contribution in [2.45, 2.75) is 12.2 Å². The highest BCUT2D eigenvalue weighted by molar-refractivity contribution is 9.09. The van der Waals surface area contributed by atoms with E-state index in [9.17, 15) is 19.0 Å². The predicted octanol–water partition coefficient (Wildman–Crippen LogP) is 1.75. The van der Waals surface area contributed by atoms with Crippen molar-refractivity contribution in [2.24, 2.45) is 0 Å². The Hall–Kier alpha value is -0.520. The molecular weight excluding hydrogens is 258 g/mol. The average Bonchev–Trinajstić information content (AvgIpc) is 2.16. The van der Waals surface area contributed by atoms with Crippen LogP contribution in [-0.4, -0.2) is 21.6 Å². The summed E-state index contributed by atoms with van der Waals surface area (Å²) in [5.74, 6) is -1.73. The molecule has 0 fully saturated rings. The van der Waals surface area contributed by atoms with Gasteiger partial charge in [-0.15, -0.1) is 0 Å². The molecule has 2 nitrogen and oxygen atoms in total. The van der Waals surface area contributed by atoms with Crippen molar-refractivity contribution < 1.29 is 19.0 Å². The quantitative estimate of drug-likeness (QED) is 0.819. The highest BCUT2D eigenvalue weighted by atomic mass is 79.9. The van der Waals surface area contributed by atoms with Gasteiger partial charge >= 0.3 is 0 Å². The minimum absolute atomic E-state index is 0.0436. The summed E-state index contributed by atoms with van der Waals surface area (Å²) < 4.78 is 26.1. The number of alkyl halides is 1. The standard InChI is InChI=1S/C9H9BrF2O2/c10-4-7(13)9(14)8-5(11)2-1-3-6(8)12/h1-3,7,9,13-14H,4H2. The zero-order valence-electron chi connectivity index (χ0n) is 7.12. The Labute approximate surface area is 88.3 Å². The van der Waals surface area contributed by atoms with Crippen molar-refractivity contribution >= 4 is 15.9 Å². The molecule has 0 heterocycles. The van der Waals surface area contributed by atoms with E-state index < -0.39 is 29.4 Å². The van der Waals surface area contributed by atoms with Gasteiger partial charge < -0.3 is 10.2 Å². The first-order valence-electron chi connectivity index (χ1n) is 3.94. The van der Waals surface area contributed by atoms with Crippen LogP contribution in [0.2, 0.25) is 0 Å². The molecule has 0 aliphatic rings. The van der Waals surface area contributed by atoms with Crippen LogP contribution in [0, 0.1) is 11.6 Å². The molecule has 5 heteroatoms. The molecule has 78 valence electrons. The van der Waals surface area contributed by atoms with Crippen LogP contribution >= 0.6 is 15.9 Å². The molecule has 0 aliphatic heterocycles. The molecule has 2 atom stereocenters. The van der Waals surface area contributed by atoms with Crippen LogP contribution in [-0.2, 0) is 0 Å². The van der Waals surface area contributed by atoms with Crippen LogP contribution in [0.4, 0.5) is 8.78 Å². The third-order valence-corrected chi connectivity index (χ3v) is 2.48. The van der Waals surface area contributed by atoms with Crippen LogP contribution < -0.4 is 0 Å². The van der Waals surface area contributed by atoms with Gasteiger partial charge in [-0.25, -0.2) is 8.78 Å². The minimum Gasteiger partial charge on any atom is -0.389 e. The lowest BCUT2D eigenvalue weighted by Gasteiger charge is -2.16. The lowest BCUT2D eigenvalue weighted by atomic mass is 10.0. The molecule has 0 aliphatic carbocycles. The number of hydrogen-bond acceptors (Lipinski definition) is 2. The van der Waals surface area contributed by atoms with Crippen molar-refractivity contribution in [3.05, 3.63) is 35.4 Å². The minimum atomic E-state index is -1.56. The first-order chi connectivity index (χ1) is 6.57. The number of rotatable bonds is 3. The van der Waals surface area contributed by atoms with Crippen molar-refractivity contribution in [1.82, 2.24) is 0 Å². The molecule has 0 bridgehead atoms. The van der Waals surface area contributed by atoms with E-state index in [1.165, 1.54) is 6.07 Å². The molecule has 0 amide bonds. The van der Waals surface area contributed by atoms with Gasteiger partial charge in [0.15, 0.2) is 0 Å². The van der Waals surface area contributed by atoms with Gasteiger partial charge in [-0.3, -0.25) is 0 Å². The maximum atomic E-state index is 13.1. The van der Waals surface area contributed by atoms with Gasteiger partial charge in [-0.1, -0.05) is 22.0 Å². The van der Waals surface area contributed by atoms with E-state index in [-0.39, 0.29) is 5.33 Å². The van der Waals surface area contributed by atoms with E-state index in [1.54, 1.807) is 0 Å². The molecular formula is C9H9BrF2O2. The number of halogens is 3. The average molecular weight is 267 g/mol. The summed E-state index contributed by atoms with van der Waals surface area (Å²) in [5, 5.41) is 18.6. The topological polar surface area (TPSA) is 40.5 Å². The van der Waals surface area contributed by atoms with Gasteiger partial charge in [0.05, 0.1) is 11.7 Å². The third kappa shape index (κ3) is 2.29. The van der Waals surface area contributed by atoms with Crippen LogP contribution in [0.25, 0.3) is 0 Å². The highest BCUT2D eigenvalue weighted by Crippen LogP contribution is 2.23. The fourth-order valence-electron chi connectivity index (χ4n) is 1.07. The zero-order valence-corrected chi connectivity index (χ0v) is 8.71. The SMILES string of the molecule is OC(CBr)C(O)c1c(F)cccc1F. The number of hydrogen-bond donors (Lipinski definition) is 2. The van der Waals surface area contributed by atoms with E-state index in [4.69, 9.17) is 0 Å². The summed E-state index contributed by atoms with van der Waals surface area (Å²) in [6, 6.07) is 3.26. The normalized spacial score (nSPS) is 15.2. The van der Waals surface area contributed by atoms with Crippen LogP contribution in [0.1, 0.15) is 11.7 Å². The van der Waals surface area contributed by atoms with Crippen molar-refractivity contribution in [1.29, 1.82) is 0 Å². The largest absolute Gasteiger partial charge is 0.389 e. The maximum absolute atomic E-state index is 13.1. The fourth-order valence-corrected chi connectivity index (χ4v) is 1.42. The highest BCUT2D eigenvalue weighted by Gasteiger charge is 2.23. The molecule has 2 unspecified atom stereocenters. The summed E-state index contributed by atoms with van der Waals surface area (Å²) in [4.78, 5) is 0. The van der Waals surface area contributed by atoms with Gasteiger partial charge in [0.2, 0.25) is 0 Å². The Morgan fingerprint density at radius 3 is 2.14 bits per heavy atom. The Kier molecular flexibility index (Phi) is 3.97. The molecule has 0 aromatic heterocycles. The smallest absolute Gasteiger partial charge is 0.132 e. The van der Waals surface area contributed by atoms with Gasteiger partial charge in [0, 0.05) is 5.33 Å². The Morgan fingerprint density at radius 1 is 1.21 bits per heavy atom. The van der Waals surface area contributed by atoms with Gasteiger partial charge in [-0.2, -0.15) is 0 Å². The van der Waals surface area contributed by atoms with Crippen molar-refractivity contribution in [3.63, 3.8) is 0 Å². The molecule has 14 heavy (non-hydrogen) atoms. The summed E-state index contributed by atoms with van der Waals surface area (Å²) in [6.07, 6.45) is -2.79. The number of benzene rings is 1. The second kappa shape index (κ2) is 4.82. The molecule has 2 N–H and O–H groups in total. The van der Waals surface area contributed by atoms with Gasteiger partial charge in [0.25, 0.3) is 0 Å². The second-order valence-corrected chi connectivity index (χ2v) is 3.45. The van der Waals surface area contributed by atoms with Crippen molar-refractivity contribution in [3.8, 4) is 0 Å². The second-order valence-electron chi connectivity index (χ2n) is 2.80. The monoisotopic (exact) mass is 266 g/mol. The Balaban J connectivity index is 3.05. The number of aliphatic hydroxyl groups excluding tert-OH is 2. The maximum Gasteiger partial charge on any atom is 0.132 e. The van der Waals surface area contributed by atoms with Crippen LogP contribution in [0.15, 0.2) is 18.2 Å². The third-order valence-electron chi connectivity index (χ3n) is 1.82. The molecule has 0 saturated carbocycles. The molecule has 0 radical (unpaired) electrons. The van der Waals surface area contributed by atoms with Crippen molar-refractivity contribution in [2.75, 3.05) is 5.33 Å². The van der Waals surface area contributed by atoms with Crippen LogP contribution in [0.5, 0.6) is 0 Å². The fraction of sp³-hybridized carbons (Fsp3) is 0.333. The van der Waals surface area contributed by atoms with E-state index in [2.05, 4.69) is 15.9 Å². The van der Waals surface area contributed by atoms with Gasteiger partial charge in [0.1, 0.15) is 17.7 Å². The molecule has 1 aromatic rings. The lowest BCUT2D eigenvalue weighted by molar-refractivity contribution is 0.0296. The van der Waals surface area contributed by atoms with E-state index >= 15 is 0 Å². The van der Waals surface area contributed by atoms with E-state index in [0.717, 1.165) is 12.1 Å². The number of aliphatic hydroxyl groups is 2. The Morgan fingerprint density at radius 2 is 1.71 bits per heavy atom. The molecule has 0 spiro atoms. The molecule has 0 saturated heterocycles. The predicted molar refractivity (Wildman–Crippen MR) is 51.1 cm³/mol. The molecule has 1 rings (SSSR count).